The second kappa shape index (κ2) is 9.92. The van der Waals surface area contributed by atoms with E-state index in [-0.39, 0.29) is 12.0 Å². The van der Waals surface area contributed by atoms with Gasteiger partial charge in [0.1, 0.15) is 12.4 Å². The van der Waals surface area contributed by atoms with Crippen molar-refractivity contribution in [1.29, 1.82) is 0 Å². The molecule has 2 aromatic rings. The van der Waals surface area contributed by atoms with Crippen molar-refractivity contribution < 1.29 is 19.0 Å². The van der Waals surface area contributed by atoms with Crippen molar-refractivity contribution in [3.63, 3.8) is 0 Å². The van der Waals surface area contributed by atoms with Gasteiger partial charge in [0.15, 0.2) is 17.6 Å². The molecule has 1 fully saturated rings. The highest BCUT2D eigenvalue weighted by atomic mass is 16.6. The minimum Gasteiger partial charge on any atom is -0.497 e. The minimum atomic E-state index is -0.149. The summed E-state index contributed by atoms with van der Waals surface area (Å²) < 4.78 is 17.2. The highest BCUT2D eigenvalue weighted by molar-refractivity contribution is 5.78. The predicted molar refractivity (Wildman–Crippen MR) is 120 cm³/mol. The molecule has 4 rings (SSSR count). The Bertz CT molecular complexity index is 883. The minimum absolute atomic E-state index is 0.139. The zero-order chi connectivity index (χ0) is 21.6. The van der Waals surface area contributed by atoms with Crippen LogP contribution in [0.15, 0.2) is 48.5 Å². The lowest BCUT2D eigenvalue weighted by Crippen LogP contribution is -2.51. The molecular formula is C24H31N3O4. The van der Waals surface area contributed by atoms with Gasteiger partial charge in [0.05, 0.1) is 20.2 Å². The standard InChI is InChI=1S/C24H31N3O4/c1-3-26(16-21-18-30-22-9-4-5-10-23(22)31-21)24(28)17-25-11-13-27(14-12-25)19-7-6-8-20(15-19)29-2/h4-10,15,21H,3,11-14,16-18H2,1-2H3/t21-/m0/s1. The average Bonchev–Trinajstić information content (AvgIpc) is 2.83. The Kier molecular flexibility index (Phi) is 6.82. The third-order valence-electron chi connectivity index (χ3n) is 5.88. The number of ether oxygens (including phenoxy) is 3. The van der Waals surface area contributed by atoms with E-state index in [0.717, 1.165) is 49.1 Å². The zero-order valence-corrected chi connectivity index (χ0v) is 18.3. The van der Waals surface area contributed by atoms with E-state index in [1.165, 1.54) is 0 Å². The van der Waals surface area contributed by atoms with Crippen molar-refractivity contribution in [2.75, 3.05) is 64.4 Å². The third kappa shape index (κ3) is 5.22. The number of amides is 1. The quantitative estimate of drug-likeness (QED) is 0.680. The SMILES string of the molecule is CCN(C[C@H]1COc2ccccc2O1)C(=O)CN1CCN(c2cccc(OC)c2)CC1. The monoisotopic (exact) mass is 425 g/mol. The van der Waals surface area contributed by atoms with Gasteiger partial charge in [-0.1, -0.05) is 18.2 Å². The van der Waals surface area contributed by atoms with Crippen molar-refractivity contribution in [2.45, 2.75) is 13.0 Å². The fraction of sp³-hybridized carbons (Fsp3) is 0.458. The molecule has 1 saturated heterocycles. The Labute approximate surface area is 184 Å². The van der Waals surface area contributed by atoms with Crippen molar-refractivity contribution >= 4 is 11.6 Å². The van der Waals surface area contributed by atoms with Gasteiger partial charge < -0.3 is 24.0 Å². The molecule has 166 valence electrons. The third-order valence-corrected chi connectivity index (χ3v) is 5.88. The molecule has 0 aromatic heterocycles. The molecule has 2 aliphatic rings. The van der Waals surface area contributed by atoms with E-state index < -0.39 is 0 Å². The second-order valence-electron chi connectivity index (χ2n) is 7.89. The van der Waals surface area contributed by atoms with Gasteiger partial charge in [-0.25, -0.2) is 0 Å². The molecule has 1 amide bonds. The van der Waals surface area contributed by atoms with Crippen LogP contribution in [0, 0.1) is 0 Å². The Hall–Kier alpha value is -2.93. The summed E-state index contributed by atoms with van der Waals surface area (Å²) in [5, 5.41) is 0. The van der Waals surface area contributed by atoms with Gasteiger partial charge in [0.2, 0.25) is 5.91 Å². The number of hydrogen-bond donors (Lipinski definition) is 0. The van der Waals surface area contributed by atoms with E-state index in [4.69, 9.17) is 14.2 Å². The first-order valence-corrected chi connectivity index (χ1v) is 10.9. The first-order chi connectivity index (χ1) is 15.2. The number of piperazine rings is 1. The number of anilines is 1. The van der Waals surface area contributed by atoms with Crippen LogP contribution in [-0.2, 0) is 4.79 Å². The normalized spacial score (nSPS) is 18.5. The molecule has 7 heteroatoms. The lowest BCUT2D eigenvalue weighted by molar-refractivity contribution is -0.133. The molecule has 0 unspecified atom stereocenters. The molecule has 0 saturated carbocycles. The first-order valence-electron chi connectivity index (χ1n) is 10.9. The Morgan fingerprint density at radius 3 is 2.61 bits per heavy atom. The molecule has 0 spiro atoms. The lowest BCUT2D eigenvalue weighted by Gasteiger charge is -2.37. The van der Waals surface area contributed by atoms with Gasteiger partial charge in [0.25, 0.3) is 0 Å². The number of carbonyl (C=O) groups is 1. The van der Waals surface area contributed by atoms with Crippen LogP contribution in [0.1, 0.15) is 6.92 Å². The average molecular weight is 426 g/mol. The summed E-state index contributed by atoms with van der Waals surface area (Å²) in [5.74, 6) is 2.52. The van der Waals surface area contributed by atoms with E-state index in [1.807, 2.05) is 48.2 Å². The maximum absolute atomic E-state index is 13.0. The smallest absolute Gasteiger partial charge is 0.236 e. The van der Waals surface area contributed by atoms with Crippen LogP contribution in [-0.4, -0.2) is 81.3 Å². The van der Waals surface area contributed by atoms with Gasteiger partial charge in [-0.3, -0.25) is 9.69 Å². The molecule has 2 aromatic carbocycles. The van der Waals surface area contributed by atoms with Crippen molar-refractivity contribution in [2.24, 2.45) is 0 Å². The maximum Gasteiger partial charge on any atom is 0.236 e. The molecule has 0 N–H and O–H groups in total. The van der Waals surface area contributed by atoms with Crippen LogP contribution >= 0.6 is 0 Å². The van der Waals surface area contributed by atoms with Crippen molar-refractivity contribution in [3.8, 4) is 17.2 Å². The van der Waals surface area contributed by atoms with Gasteiger partial charge in [0, 0.05) is 44.5 Å². The molecular weight excluding hydrogens is 394 g/mol. The van der Waals surface area contributed by atoms with Crippen LogP contribution in [0.5, 0.6) is 17.2 Å². The Balaban J connectivity index is 1.27. The number of benzene rings is 2. The topological polar surface area (TPSA) is 54.5 Å². The van der Waals surface area contributed by atoms with E-state index >= 15 is 0 Å². The summed E-state index contributed by atoms with van der Waals surface area (Å²) in [6.45, 7) is 7.59. The van der Waals surface area contributed by atoms with Crippen molar-refractivity contribution in [3.05, 3.63) is 48.5 Å². The second-order valence-corrected chi connectivity index (χ2v) is 7.89. The molecule has 0 radical (unpaired) electrons. The summed E-state index contributed by atoms with van der Waals surface area (Å²) in [4.78, 5) is 19.4. The largest absolute Gasteiger partial charge is 0.497 e. The van der Waals surface area contributed by atoms with E-state index in [1.54, 1.807) is 7.11 Å². The van der Waals surface area contributed by atoms with E-state index in [2.05, 4.69) is 21.9 Å². The maximum atomic E-state index is 13.0. The van der Waals surface area contributed by atoms with E-state index in [0.29, 0.717) is 26.2 Å². The number of nitrogens with zero attached hydrogens (tertiary/aromatic N) is 3. The number of rotatable bonds is 7. The molecule has 2 aliphatic heterocycles. The summed E-state index contributed by atoms with van der Waals surface area (Å²) in [7, 11) is 1.69. The van der Waals surface area contributed by atoms with Gasteiger partial charge in [-0.15, -0.1) is 0 Å². The molecule has 2 heterocycles. The molecule has 7 nitrogen and oxygen atoms in total. The van der Waals surface area contributed by atoms with Crippen LogP contribution in [0.3, 0.4) is 0 Å². The first kappa shape index (κ1) is 21.3. The van der Waals surface area contributed by atoms with Gasteiger partial charge >= 0.3 is 0 Å². The molecule has 0 aliphatic carbocycles. The molecule has 31 heavy (non-hydrogen) atoms. The summed E-state index contributed by atoms with van der Waals surface area (Å²) in [6.07, 6.45) is -0.149. The molecule has 0 bridgehead atoms. The van der Waals surface area contributed by atoms with Gasteiger partial charge in [-0.2, -0.15) is 0 Å². The highest BCUT2D eigenvalue weighted by Crippen LogP contribution is 2.31. The fourth-order valence-electron chi connectivity index (χ4n) is 4.07. The number of fused-ring (bicyclic) bond motifs is 1. The summed E-state index contributed by atoms with van der Waals surface area (Å²) >= 11 is 0. The highest BCUT2D eigenvalue weighted by Gasteiger charge is 2.26. The van der Waals surface area contributed by atoms with Crippen molar-refractivity contribution in [1.82, 2.24) is 9.80 Å². The van der Waals surface area contributed by atoms with E-state index in [9.17, 15) is 4.79 Å². The fourth-order valence-corrected chi connectivity index (χ4v) is 4.07. The lowest BCUT2D eigenvalue weighted by atomic mass is 10.2. The number of likely N-dealkylation sites (N-methyl/N-ethyl adjacent to an activating group) is 1. The summed E-state index contributed by atoms with van der Waals surface area (Å²) in [6, 6.07) is 15.8. The Morgan fingerprint density at radius 2 is 1.87 bits per heavy atom. The van der Waals surface area contributed by atoms with Crippen LogP contribution in [0.25, 0.3) is 0 Å². The number of methoxy groups -OCH3 is 1. The number of carbonyl (C=O) groups excluding carboxylic acids is 1. The number of hydrogen-bond acceptors (Lipinski definition) is 6. The van der Waals surface area contributed by atoms with Gasteiger partial charge in [-0.05, 0) is 31.2 Å². The number of para-hydroxylation sites is 2. The predicted octanol–water partition coefficient (Wildman–Crippen LogP) is 2.51. The Morgan fingerprint density at radius 1 is 1.10 bits per heavy atom. The van der Waals surface area contributed by atoms with Crippen LogP contribution < -0.4 is 19.1 Å². The zero-order valence-electron chi connectivity index (χ0n) is 18.3. The van der Waals surface area contributed by atoms with Crippen LogP contribution in [0.2, 0.25) is 0 Å². The molecule has 1 atom stereocenters. The summed E-state index contributed by atoms with van der Waals surface area (Å²) in [5.41, 5.74) is 1.16. The van der Waals surface area contributed by atoms with Crippen LogP contribution in [0.4, 0.5) is 5.69 Å².